The minimum atomic E-state index is -5.23. The van der Waals surface area contributed by atoms with Crippen LogP contribution in [-0.2, 0) is 14.4 Å². The third-order valence-corrected chi connectivity index (χ3v) is 5.33. The largest absolute Gasteiger partial charge is 0.573 e. The maximum atomic E-state index is 13.8. The van der Waals surface area contributed by atoms with Gasteiger partial charge >= 0.3 is 16.5 Å². The number of hydrogen-bond acceptors (Lipinski definition) is 5. The van der Waals surface area contributed by atoms with Crippen LogP contribution in [0.1, 0.15) is 17.0 Å². The van der Waals surface area contributed by atoms with E-state index in [9.17, 15) is 30.4 Å². The second-order valence-corrected chi connectivity index (χ2v) is 7.78. The third-order valence-electron chi connectivity index (χ3n) is 4.07. The number of alkyl halides is 3. The highest BCUT2D eigenvalue weighted by Crippen LogP contribution is 2.35. The summed E-state index contributed by atoms with van der Waals surface area (Å²) in [6, 6.07) is 7.41. The number of benzene rings is 2. The van der Waals surface area contributed by atoms with Crippen molar-refractivity contribution in [2.45, 2.75) is 24.1 Å². The second kappa shape index (κ2) is 7.30. The molecule has 28 heavy (non-hydrogen) atoms. The molecule has 152 valence electrons. The number of halogens is 5. The standard InChI is InChI=1S/C17H14F5NO4S/c1-10-2-4-13(5-3-10)28(24,25)27-23-8-12(9-23)11-6-14(18)16(15(19)7-11)26-17(20,21)22/h2-7,12H,8-9H2,1H3. The van der Waals surface area contributed by atoms with Crippen molar-refractivity contribution in [3.8, 4) is 5.75 Å². The Hall–Kier alpha value is -2.24. The minimum absolute atomic E-state index is 0.0105. The summed E-state index contributed by atoms with van der Waals surface area (Å²) in [5.74, 6) is -5.05. The van der Waals surface area contributed by atoms with Crippen LogP contribution in [0.25, 0.3) is 0 Å². The van der Waals surface area contributed by atoms with Crippen LogP contribution in [0.15, 0.2) is 41.3 Å². The SMILES string of the molecule is Cc1ccc(S(=O)(=O)ON2CC(c3cc(F)c(OC(F)(F)F)c(F)c3)C2)cc1. The zero-order valence-corrected chi connectivity index (χ0v) is 15.2. The molecule has 0 N–H and O–H groups in total. The number of aryl methyl sites for hydroxylation is 1. The fraction of sp³-hybridized carbons (Fsp3) is 0.294. The van der Waals surface area contributed by atoms with Crippen molar-refractivity contribution < 1.29 is 39.4 Å². The number of hydroxylamine groups is 2. The van der Waals surface area contributed by atoms with Gasteiger partial charge in [-0.3, -0.25) is 0 Å². The molecule has 1 saturated heterocycles. The van der Waals surface area contributed by atoms with Crippen molar-refractivity contribution in [2.24, 2.45) is 0 Å². The molecule has 1 aliphatic heterocycles. The molecular weight excluding hydrogens is 409 g/mol. The van der Waals surface area contributed by atoms with Gasteiger partial charge in [-0.25, -0.2) is 8.78 Å². The van der Waals surface area contributed by atoms with Crippen molar-refractivity contribution in [1.29, 1.82) is 0 Å². The van der Waals surface area contributed by atoms with Gasteiger partial charge in [-0.05, 0) is 36.8 Å². The van der Waals surface area contributed by atoms with Gasteiger partial charge in [0.2, 0.25) is 5.75 Å². The van der Waals surface area contributed by atoms with E-state index in [2.05, 4.69) is 4.74 Å². The van der Waals surface area contributed by atoms with Gasteiger partial charge in [0, 0.05) is 19.0 Å². The van der Waals surface area contributed by atoms with E-state index in [1.807, 2.05) is 0 Å². The fourth-order valence-electron chi connectivity index (χ4n) is 2.62. The summed E-state index contributed by atoms with van der Waals surface area (Å²) >= 11 is 0. The molecule has 0 bridgehead atoms. The van der Waals surface area contributed by atoms with Crippen molar-refractivity contribution in [1.82, 2.24) is 5.06 Å². The quantitative estimate of drug-likeness (QED) is 0.683. The third kappa shape index (κ3) is 4.59. The van der Waals surface area contributed by atoms with E-state index in [1.165, 1.54) is 12.1 Å². The summed E-state index contributed by atoms with van der Waals surface area (Å²) in [7, 11) is -4.05. The zero-order valence-electron chi connectivity index (χ0n) is 14.3. The molecule has 0 unspecified atom stereocenters. The number of ether oxygens (including phenoxy) is 1. The van der Waals surface area contributed by atoms with Gasteiger partial charge in [-0.2, -0.15) is 17.8 Å². The summed E-state index contributed by atoms with van der Waals surface area (Å²) in [4.78, 5) is -0.0488. The molecule has 5 nitrogen and oxygen atoms in total. The van der Waals surface area contributed by atoms with E-state index in [4.69, 9.17) is 4.28 Å². The summed E-state index contributed by atoms with van der Waals surface area (Å²) in [6.07, 6.45) is -5.23. The van der Waals surface area contributed by atoms with E-state index in [0.29, 0.717) is 0 Å². The molecule has 1 aliphatic rings. The summed E-state index contributed by atoms with van der Waals surface area (Å²) in [6.45, 7) is 1.77. The van der Waals surface area contributed by atoms with E-state index >= 15 is 0 Å². The van der Waals surface area contributed by atoms with Crippen LogP contribution in [0.3, 0.4) is 0 Å². The summed E-state index contributed by atoms with van der Waals surface area (Å²) in [5.41, 5.74) is 0.932. The molecule has 0 saturated carbocycles. The highest BCUT2D eigenvalue weighted by Gasteiger charge is 2.37. The van der Waals surface area contributed by atoms with Crippen molar-refractivity contribution in [2.75, 3.05) is 13.1 Å². The average Bonchev–Trinajstić information content (AvgIpc) is 2.53. The Bertz CT molecular complexity index is 947. The molecule has 0 aliphatic carbocycles. The Labute approximate surface area is 157 Å². The smallest absolute Gasteiger partial charge is 0.399 e. The monoisotopic (exact) mass is 423 g/mol. The molecule has 1 heterocycles. The maximum absolute atomic E-state index is 13.8. The van der Waals surface area contributed by atoms with E-state index in [1.54, 1.807) is 19.1 Å². The molecule has 0 radical (unpaired) electrons. The van der Waals surface area contributed by atoms with E-state index < -0.39 is 39.8 Å². The van der Waals surface area contributed by atoms with Crippen molar-refractivity contribution >= 4 is 10.1 Å². The zero-order chi connectivity index (χ0) is 20.7. The first-order chi connectivity index (χ1) is 12.9. The Morgan fingerprint density at radius 1 is 1.04 bits per heavy atom. The Morgan fingerprint density at radius 3 is 2.07 bits per heavy atom. The van der Waals surface area contributed by atoms with Crippen LogP contribution in [0.4, 0.5) is 22.0 Å². The molecule has 11 heteroatoms. The van der Waals surface area contributed by atoms with Gasteiger partial charge in [0.1, 0.15) is 0 Å². The van der Waals surface area contributed by atoms with Gasteiger partial charge in [-0.15, -0.1) is 13.2 Å². The molecule has 0 atom stereocenters. The molecule has 0 spiro atoms. The summed E-state index contributed by atoms with van der Waals surface area (Å²) < 4.78 is 96.7. The van der Waals surface area contributed by atoms with Crippen LogP contribution in [0.2, 0.25) is 0 Å². The minimum Gasteiger partial charge on any atom is -0.399 e. The maximum Gasteiger partial charge on any atom is 0.573 e. The van der Waals surface area contributed by atoms with E-state index in [-0.39, 0.29) is 23.5 Å². The predicted octanol–water partition coefficient (Wildman–Crippen LogP) is 3.89. The molecule has 2 aromatic rings. The fourth-order valence-corrected chi connectivity index (χ4v) is 3.58. The average molecular weight is 423 g/mol. The first kappa shape index (κ1) is 20.5. The normalized spacial score (nSPS) is 16.1. The Balaban J connectivity index is 1.66. The van der Waals surface area contributed by atoms with E-state index in [0.717, 1.165) is 22.8 Å². The van der Waals surface area contributed by atoms with Crippen LogP contribution >= 0.6 is 0 Å². The van der Waals surface area contributed by atoms with Gasteiger partial charge < -0.3 is 4.74 Å². The lowest BCUT2D eigenvalue weighted by atomic mass is 9.93. The lowest BCUT2D eigenvalue weighted by molar-refractivity contribution is -0.276. The Morgan fingerprint density at radius 2 is 1.57 bits per heavy atom. The molecule has 1 fully saturated rings. The van der Waals surface area contributed by atoms with Crippen molar-refractivity contribution in [3.63, 3.8) is 0 Å². The molecule has 2 aromatic carbocycles. The number of nitrogens with zero attached hydrogens (tertiary/aromatic N) is 1. The van der Waals surface area contributed by atoms with Crippen molar-refractivity contribution in [3.05, 3.63) is 59.2 Å². The predicted molar refractivity (Wildman–Crippen MR) is 86.8 cm³/mol. The van der Waals surface area contributed by atoms with Crippen LogP contribution < -0.4 is 4.74 Å². The number of hydrogen-bond donors (Lipinski definition) is 0. The first-order valence-corrected chi connectivity index (χ1v) is 9.36. The number of rotatable bonds is 5. The summed E-state index contributed by atoms with van der Waals surface area (Å²) in [5, 5.41) is 1.08. The topological polar surface area (TPSA) is 55.8 Å². The van der Waals surface area contributed by atoms with Gasteiger partial charge in [-0.1, -0.05) is 17.7 Å². The van der Waals surface area contributed by atoms with Crippen LogP contribution in [0, 0.1) is 18.6 Å². The first-order valence-electron chi connectivity index (χ1n) is 7.95. The van der Waals surface area contributed by atoms with Crippen LogP contribution in [-0.4, -0.2) is 32.9 Å². The lowest BCUT2D eigenvalue weighted by Crippen LogP contribution is -2.45. The van der Waals surface area contributed by atoms with Gasteiger partial charge in [0.15, 0.2) is 11.6 Å². The van der Waals surface area contributed by atoms with Gasteiger partial charge in [0.05, 0.1) is 4.90 Å². The van der Waals surface area contributed by atoms with Crippen LogP contribution in [0.5, 0.6) is 5.75 Å². The molecule has 0 aromatic heterocycles. The second-order valence-electron chi connectivity index (χ2n) is 6.25. The molecular formula is C17H14F5NO4S. The highest BCUT2D eigenvalue weighted by atomic mass is 32.2. The molecule has 3 rings (SSSR count). The highest BCUT2D eigenvalue weighted by molar-refractivity contribution is 7.86. The van der Waals surface area contributed by atoms with Gasteiger partial charge in [0.25, 0.3) is 0 Å². The molecule has 0 amide bonds. The Kier molecular flexibility index (Phi) is 5.34. The lowest BCUT2D eigenvalue weighted by Gasteiger charge is -2.37.